The average molecular weight is 316 g/mol. The predicted molar refractivity (Wildman–Crippen MR) is 72.3 cm³/mol. The van der Waals surface area contributed by atoms with Crippen molar-refractivity contribution in [1.82, 2.24) is 4.31 Å². The summed E-state index contributed by atoms with van der Waals surface area (Å²) in [6.07, 6.45) is 0. The molecule has 0 aliphatic carbocycles. The number of sulfonamides is 1. The van der Waals surface area contributed by atoms with Crippen LogP contribution in [0.3, 0.4) is 0 Å². The number of halogens is 1. The molecule has 1 amide bonds. The maximum atomic E-state index is 12.3. The van der Waals surface area contributed by atoms with Gasteiger partial charge in [0, 0.05) is 10.6 Å². The van der Waals surface area contributed by atoms with Crippen LogP contribution in [0.4, 0.5) is 0 Å². The fraction of sp³-hybridized carbons (Fsp3) is 0.167. The van der Waals surface area contributed by atoms with Crippen molar-refractivity contribution in [3.63, 3.8) is 0 Å². The highest BCUT2D eigenvalue weighted by molar-refractivity contribution is 7.99. The van der Waals surface area contributed by atoms with Crippen LogP contribution in [0.5, 0.6) is 0 Å². The normalized spacial score (nSPS) is 17.7. The van der Waals surface area contributed by atoms with Gasteiger partial charge in [0.25, 0.3) is 15.9 Å². The zero-order chi connectivity index (χ0) is 15.1. The lowest BCUT2D eigenvalue weighted by atomic mass is 10.1. The van der Waals surface area contributed by atoms with Gasteiger partial charge in [-0.1, -0.05) is 23.7 Å². The van der Waals surface area contributed by atoms with E-state index in [0.29, 0.717) is 14.9 Å². The average Bonchev–Trinajstić information content (AvgIpc) is 2.51. The molecule has 0 fully saturated rings. The molecule has 0 atom stereocenters. The number of carboxylic acid groups (broad SMARTS) is 1. The van der Waals surface area contributed by atoms with E-state index in [4.69, 9.17) is 16.7 Å². The summed E-state index contributed by atoms with van der Waals surface area (Å²) in [6.45, 7) is 0.460. The number of hydrogen-bond donors (Lipinski definition) is 1. The Morgan fingerprint density at radius 3 is 2.35 bits per heavy atom. The van der Waals surface area contributed by atoms with Crippen LogP contribution in [0.25, 0.3) is 4.91 Å². The highest BCUT2D eigenvalue weighted by atomic mass is 35.5. The molecule has 0 unspecified atom stereocenters. The Morgan fingerprint density at radius 2 is 1.85 bits per heavy atom. The summed E-state index contributed by atoms with van der Waals surface area (Å²) in [7, 11) is -4.15. The number of nitrogens with zero attached hydrogens (tertiary/aromatic N) is 1. The smallest absolute Gasteiger partial charge is 0.324 e. The molecule has 0 bridgehead atoms. The topological polar surface area (TPSA) is 91.8 Å². The van der Waals surface area contributed by atoms with E-state index < -0.39 is 28.4 Å². The summed E-state index contributed by atoms with van der Waals surface area (Å²) in [5.41, 5.74) is 0.293. The molecule has 8 heteroatoms. The van der Waals surface area contributed by atoms with E-state index in [0.717, 1.165) is 0 Å². The van der Waals surface area contributed by atoms with Gasteiger partial charge in [-0.3, -0.25) is 9.59 Å². The minimum atomic E-state index is -4.15. The highest BCUT2D eigenvalue weighted by Crippen LogP contribution is 2.35. The van der Waals surface area contributed by atoms with E-state index in [1.165, 1.54) is 31.2 Å². The molecule has 0 aromatic heterocycles. The van der Waals surface area contributed by atoms with E-state index >= 15 is 0 Å². The molecule has 1 aromatic carbocycles. The summed E-state index contributed by atoms with van der Waals surface area (Å²) in [5.74, 6) is -2.22. The van der Waals surface area contributed by atoms with Crippen LogP contribution >= 0.6 is 11.6 Å². The molecule has 1 aliphatic rings. The summed E-state index contributed by atoms with van der Waals surface area (Å²) in [5, 5.41) is 9.14. The van der Waals surface area contributed by atoms with Crippen molar-refractivity contribution in [3.05, 3.63) is 40.4 Å². The van der Waals surface area contributed by atoms with Gasteiger partial charge in [-0.05, 0) is 24.6 Å². The molecule has 6 nitrogen and oxygen atoms in total. The maximum absolute atomic E-state index is 12.3. The van der Waals surface area contributed by atoms with E-state index in [1.807, 2.05) is 0 Å². The first-order valence-electron chi connectivity index (χ1n) is 5.51. The first-order chi connectivity index (χ1) is 9.25. The van der Waals surface area contributed by atoms with Gasteiger partial charge < -0.3 is 5.11 Å². The van der Waals surface area contributed by atoms with E-state index in [2.05, 4.69) is 0 Å². The van der Waals surface area contributed by atoms with Crippen LogP contribution in [-0.2, 0) is 19.6 Å². The first kappa shape index (κ1) is 14.5. The van der Waals surface area contributed by atoms with E-state index in [-0.39, 0.29) is 10.5 Å². The molecule has 2 rings (SSSR count). The van der Waals surface area contributed by atoms with Gasteiger partial charge in [0.1, 0.15) is 11.4 Å². The Kier molecular flexibility index (Phi) is 3.58. The SMILES string of the molecule is CC1=C(c2ccc(Cl)cc2)S(=O)(=O)N(CC(=O)O)C1=O. The number of carboxylic acids is 1. The summed E-state index contributed by atoms with van der Waals surface area (Å²) in [4.78, 5) is 22.4. The number of carbonyl (C=O) groups is 2. The van der Waals surface area contributed by atoms with Gasteiger partial charge in [-0.25, -0.2) is 12.7 Å². The fourth-order valence-electron chi connectivity index (χ4n) is 1.94. The largest absolute Gasteiger partial charge is 0.480 e. The molecule has 1 heterocycles. The van der Waals surface area contributed by atoms with Crippen LogP contribution in [0, 0.1) is 0 Å². The number of hydrogen-bond acceptors (Lipinski definition) is 4. The van der Waals surface area contributed by atoms with E-state index in [9.17, 15) is 18.0 Å². The molecule has 106 valence electrons. The molecule has 20 heavy (non-hydrogen) atoms. The van der Waals surface area contributed by atoms with Crippen molar-refractivity contribution in [2.24, 2.45) is 0 Å². The van der Waals surface area contributed by atoms with Gasteiger partial charge in [-0.2, -0.15) is 0 Å². The second-order valence-corrected chi connectivity index (χ2v) is 6.41. The van der Waals surface area contributed by atoms with Crippen molar-refractivity contribution in [2.75, 3.05) is 6.54 Å². The van der Waals surface area contributed by atoms with Crippen molar-refractivity contribution in [1.29, 1.82) is 0 Å². The number of rotatable bonds is 3. The number of benzene rings is 1. The molecular formula is C12H10ClNO5S. The Balaban J connectivity index is 2.55. The molecule has 0 radical (unpaired) electrons. The molecule has 0 spiro atoms. The molecule has 1 N–H and O–H groups in total. The van der Waals surface area contributed by atoms with E-state index in [1.54, 1.807) is 0 Å². The Bertz CT molecular complexity index is 721. The third kappa shape index (κ3) is 2.30. The lowest BCUT2D eigenvalue weighted by Crippen LogP contribution is -2.36. The predicted octanol–water partition coefficient (Wildman–Crippen LogP) is 1.33. The minimum Gasteiger partial charge on any atom is -0.480 e. The second kappa shape index (κ2) is 4.92. The lowest BCUT2D eigenvalue weighted by Gasteiger charge is -2.13. The van der Waals surface area contributed by atoms with Crippen molar-refractivity contribution in [2.45, 2.75) is 6.92 Å². The van der Waals surface area contributed by atoms with Gasteiger partial charge in [0.2, 0.25) is 0 Å². The first-order valence-corrected chi connectivity index (χ1v) is 7.32. The molecule has 1 aliphatic heterocycles. The van der Waals surface area contributed by atoms with Gasteiger partial charge in [0.05, 0.1) is 0 Å². The zero-order valence-corrected chi connectivity index (χ0v) is 11.9. The summed E-state index contributed by atoms with van der Waals surface area (Å²) < 4.78 is 24.9. The van der Waals surface area contributed by atoms with Crippen molar-refractivity contribution >= 4 is 38.4 Å². The van der Waals surface area contributed by atoms with Gasteiger partial charge in [0.15, 0.2) is 0 Å². The highest BCUT2D eigenvalue weighted by Gasteiger charge is 2.43. The Morgan fingerprint density at radius 1 is 1.30 bits per heavy atom. The lowest BCUT2D eigenvalue weighted by molar-refractivity contribution is -0.140. The minimum absolute atomic E-state index is 0.00595. The van der Waals surface area contributed by atoms with Crippen molar-refractivity contribution in [3.8, 4) is 0 Å². The molecular weight excluding hydrogens is 306 g/mol. The maximum Gasteiger partial charge on any atom is 0.324 e. The summed E-state index contributed by atoms with van der Waals surface area (Å²) in [6, 6.07) is 5.93. The third-order valence-electron chi connectivity index (χ3n) is 2.82. The number of aliphatic carboxylic acids is 1. The molecule has 1 aromatic rings. The fourth-order valence-corrected chi connectivity index (χ4v) is 3.83. The van der Waals surface area contributed by atoms with Crippen molar-refractivity contribution < 1.29 is 23.1 Å². The van der Waals surface area contributed by atoms with Crippen LogP contribution in [0.1, 0.15) is 12.5 Å². The molecule has 0 saturated heterocycles. The molecule has 0 saturated carbocycles. The Hall–Kier alpha value is -1.86. The van der Waals surface area contributed by atoms with Gasteiger partial charge >= 0.3 is 5.97 Å². The summed E-state index contributed by atoms with van der Waals surface area (Å²) >= 11 is 5.73. The van der Waals surface area contributed by atoms with Crippen LogP contribution in [-0.4, -0.2) is 36.3 Å². The standard InChI is InChI=1S/C12H10ClNO5S/c1-7-11(8-2-4-9(13)5-3-8)20(18,19)14(12(7)17)6-10(15)16/h2-5H,6H2,1H3,(H,15,16). The zero-order valence-electron chi connectivity index (χ0n) is 10.3. The second-order valence-electron chi connectivity index (χ2n) is 4.17. The van der Waals surface area contributed by atoms with Crippen LogP contribution in [0.15, 0.2) is 29.8 Å². The monoisotopic (exact) mass is 315 g/mol. The van der Waals surface area contributed by atoms with Gasteiger partial charge in [-0.15, -0.1) is 0 Å². The van der Waals surface area contributed by atoms with Crippen LogP contribution in [0.2, 0.25) is 5.02 Å². The third-order valence-corrected chi connectivity index (χ3v) is 5.01. The quantitative estimate of drug-likeness (QED) is 0.908. The number of amides is 1. The van der Waals surface area contributed by atoms with Crippen LogP contribution < -0.4 is 0 Å². The number of carbonyl (C=O) groups excluding carboxylic acids is 1. The Labute approximate surface area is 120 Å².